The highest BCUT2D eigenvalue weighted by molar-refractivity contribution is 5.97. The van der Waals surface area contributed by atoms with Gasteiger partial charge in [-0.05, 0) is 24.3 Å². The van der Waals surface area contributed by atoms with Crippen molar-refractivity contribution in [3.63, 3.8) is 0 Å². The molecule has 0 saturated carbocycles. The molecule has 2 rings (SSSR count). The van der Waals surface area contributed by atoms with Crippen LogP contribution in [0.4, 0.5) is 10.1 Å². The molecule has 4 nitrogen and oxygen atoms in total. The van der Waals surface area contributed by atoms with Crippen LogP contribution in [0.1, 0.15) is 16.1 Å². The molecule has 2 N–H and O–H groups in total. The Balaban J connectivity index is 2.17. The minimum absolute atomic E-state index is 0.0411. The van der Waals surface area contributed by atoms with E-state index in [0.717, 1.165) is 6.07 Å². The van der Waals surface area contributed by atoms with Crippen molar-refractivity contribution in [2.45, 2.75) is 6.42 Å². The number of hydrogen-bond acceptors (Lipinski definition) is 3. The first kappa shape index (κ1) is 11.3. The van der Waals surface area contributed by atoms with E-state index in [2.05, 4.69) is 5.10 Å². The second kappa shape index (κ2) is 4.37. The Kier molecular flexibility index (Phi) is 2.91. The van der Waals surface area contributed by atoms with Gasteiger partial charge in [0.25, 0.3) is 0 Å². The van der Waals surface area contributed by atoms with Crippen molar-refractivity contribution < 1.29 is 9.18 Å². The van der Waals surface area contributed by atoms with E-state index in [0.29, 0.717) is 11.3 Å². The first-order chi connectivity index (χ1) is 8.06. The van der Waals surface area contributed by atoms with Gasteiger partial charge in [0.05, 0.1) is 17.8 Å². The van der Waals surface area contributed by atoms with Gasteiger partial charge < -0.3 is 5.73 Å². The summed E-state index contributed by atoms with van der Waals surface area (Å²) in [6.07, 6.45) is 1.91. The SMILES string of the molecule is Cn1ccc(CC(=O)c2ccc(N)c(F)c2)n1. The monoisotopic (exact) mass is 233 g/mol. The Bertz CT molecular complexity index is 563. The van der Waals surface area contributed by atoms with E-state index < -0.39 is 5.82 Å². The molecule has 88 valence electrons. The van der Waals surface area contributed by atoms with Gasteiger partial charge in [0.2, 0.25) is 0 Å². The maximum absolute atomic E-state index is 13.2. The van der Waals surface area contributed by atoms with Crippen LogP contribution in [0.15, 0.2) is 30.5 Å². The molecule has 0 fully saturated rings. The second-order valence-corrected chi connectivity index (χ2v) is 3.82. The molecular weight excluding hydrogens is 221 g/mol. The summed E-state index contributed by atoms with van der Waals surface area (Å²) in [5.41, 5.74) is 6.35. The minimum Gasteiger partial charge on any atom is -0.396 e. The topological polar surface area (TPSA) is 60.9 Å². The minimum atomic E-state index is -0.572. The maximum Gasteiger partial charge on any atom is 0.168 e. The molecule has 0 aliphatic carbocycles. The van der Waals surface area contributed by atoms with Crippen molar-refractivity contribution >= 4 is 11.5 Å². The average Bonchev–Trinajstić information content (AvgIpc) is 2.68. The summed E-state index contributed by atoms with van der Waals surface area (Å²) in [7, 11) is 1.77. The quantitative estimate of drug-likeness (QED) is 0.646. The van der Waals surface area contributed by atoms with E-state index in [1.807, 2.05) is 0 Å². The third kappa shape index (κ3) is 2.50. The molecule has 0 atom stereocenters. The van der Waals surface area contributed by atoms with Crippen LogP contribution in [-0.4, -0.2) is 15.6 Å². The molecule has 0 bridgehead atoms. The number of carbonyl (C=O) groups excluding carboxylic acids is 1. The zero-order valence-electron chi connectivity index (χ0n) is 9.35. The second-order valence-electron chi connectivity index (χ2n) is 3.82. The van der Waals surface area contributed by atoms with Crippen molar-refractivity contribution in [1.29, 1.82) is 0 Å². The van der Waals surface area contributed by atoms with Gasteiger partial charge in [-0.3, -0.25) is 9.48 Å². The summed E-state index contributed by atoms with van der Waals surface area (Å²) in [6, 6.07) is 5.82. The van der Waals surface area contributed by atoms with E-state index in [4.69, 9.17) is 5.73 Å². The summed E-state index contributed by atoms with van der Waals surface area (Å²) in [6.45, 7) is 0. The lowest BCUT2D eigenvalue weighted by molar-refractivity contribution is 0.0991. The molecule has 0 aliphatic rings. The van der Waals surface area contributed by atoms with Crippen LogP contribution in [0.2, 0.25) is 0 Å². The number of nitrogens with two attached hydrogens (primary N) is 1. The van der Waals surface area contributed by atoms with E-state index in [1.165, 1.54) is 12.1 Å². The zero-order chi connectivity index (χ0) is 12.4. The van der Waals surface area contributed by atoms with Crippen LogP contribution in [0.3, 0.4) is 0 Å². The van der Waals surface area contributed by atoms with Crippen molar-refractivity contribution in [3.8, 4) is 0 Å². The van der Waals surface area contributed by atoms with Gasteiger partial charge in [0.15, 0.2) is 5.78 Å². The third-order valence-corrected chi connectivity index (χ3v) is 2.43. The molecule has 17 heavy (non-hydrogen) atoms. The summed E-state index contributed by atoms with van der Waals surface area (Å²) in [5.74, 6) is -0.750. The number of Topliss-reactive ketones (excluding diaryl/α,β-unsaturated/α-hetero) is 1. The van der Waals surface area contributed by atoms with Gasteiger partial charge in [-0.1, -0.05) is 0 Å². The van der Waals surface area contributed by atoms with Crippen LogP contribution in [0.25, 0.3) is 0 Å². The molecule has 0 aliphatic heterocycles. The molecule has 0 saturated heterocycles. The Labute approximate surface area is 97.9 Å². The molecule has 0 radical (unpaired) electrons. The molecule has 5 heteroatoms. The first-order valence-electron chi connectivity index (χ1n) is 5.13. The number of aryl methyl sites for hydroxylation is 1. The predicted molar refractivity (Wildman–Crippen MR) is 62.1 cm³/mol. The normalized spacial score (nSPS) is 10.5. The number of ketones is 1. The fourth-order valence-corrected chi connectivity index (χ4v) is 1.52. The molecule has 0 unspecified atom stereocenters. The number of nitrogen functional groups attached to an aromatic ring is 1. The number of benzene rings is 1. The Morgan fingerprint density at radius 1 is 1.47 bits per heavy atom. The van der Waals surface area contributed by atoms with Crippen LogP contribution < -0.4 is 5.73 Å². The van der Waals surface area contributed by atoms with Crippen molar-refractivity contribution in [2.24, 2.45) is 7.05 Å². The van der Waals surface area contributed by atoms with Crippen molar-refractivity contribution in [2.75, 3.05) is 5.73 Å². The molecule has 2 aromatic rings. The number of carbonyl (C=O) groups is 1. The first-order valence-corrected chi connectivity index (χ1v) is 5.13. The van der Waals surface area contributed by atoms with E-state index in [9.17, 15) is 9.18 Å². The Morgan fingerprint density at radius 3 is 2.82 bits per heavy atom. The fraction of sp³-hybridized carbons (Fsp3) is 0.167. The number of hydrogen-bond donors (Lipinski definition) is 1. The number of anilines is 1. The van der Waals surface area contributed by atoms with Gasteiger partial charge in [-0.15, -0.1) is 0 Å². The third-order valence-electron chi connectivity index (χ3n) is 2.43. The van der Waals surface area contributed by atoms with Gasteiger partial charge in [0, 0.05) is 18.8 Å². The summed E-state index contributed by atoms with van der Waals surface area (Å²) in [5, 5.41) is 4.09. The maximum atomic E-state index is 13.2. The lowest BCUT2D eigenvalue weighted by Gasteiger charge is -2.01. The van der Waals surface area contributed by atoms with Crippen LogP contribution in [0, 0.1) is 5.82 Å². The Morgan fingerprint density at radius 2 is 2.24 bits per heavy atom. The molecule has 1 aromatic carbocycles. The van der Waals surface area contributed by atoms with Crippen molar-refractivity contribution in [1.82, 2.24) is 9.78 Å². The number of rotatable bonds is 3. The molecular formula is C12H12FN3O. The summed E-state index contributed by atoms with van der Waals surface area (Å²) >= 11 is 0. The van der Waals surface area contributed by atoms with Gasteiger partial charge in [-0.25, -0.2) is 4.39 Å². The Hall–Kier alpha value is -2.17. The number of nitrogens with zero attached hydrogens (tertiary/aromatic N) is 2. The fourth-order valence-electron chi connectivity index (χ4n) is 1.52. The van der Waals surface area contributed by atoms with Crippen LogP contribution >= 0.6 is 0 Å². The smallest absolute Gasteiger partial charge is 0.168 e. The average molecular weight is 233 g/mol. The van der Waals surface area contributed by atoms with Crippen LogP contribution in [0.5, 0.6) is 0 Å². The van der Waals surface area contributed by atoms with E-state index in [1.54, 1.807) is 24.0 Å². The highest BCUT2D eigenvalue weighted by Crippen LogP contribution is 2.13. The van der Waals surface area contributed by atoms with Gasteiger partial charge >= 0.3 is 0 Å². The molecule has 0 spiro atoms. The summed E-state index contributed by atoms with van der Waals surface area (Å²) < 4.78 is 14.8. The number of halogens is 1. The van der Waals surface area contributed by atoms with Gasteiger partial charge in [-0.2, -0.15) is 5.10 Å². The predicted octanol–water partition coefficient (Wildman–Crippen LogP) is 1.57. The molecule has 1 heterocycles. The highest BCUT2D eigenvalue weighted by Gasteiger charge is 2.10. The standard InChI is InChI=1S/C12H12FN3O/c1-16-5-4-9(15-16)7-12(17)8-2-3-11(14)10(13)6-8/h2-6H,7,14H2,1H3. The molecule has 1 aromatic heterocycles. The number of aromatic nitrogens is 2. The largest absolute Gasteiger partial charge is 0.396 e. The van der Waals surface area contributed by atoms with Crippen LogP contribution in [-0.2, 0) is 13.5 Å². The lowest BCUT2D eigenvalue weighted by atomic mass is 10.1. The zero-order valence-corrected chi connectivity index (χ0v) is 9.35. The lowest BCUT2D eigenvalue weighted by Crippen LogP contribution is -2.06. The van der Waals surface area contributed by atoms with Crippen molar-refractivity contribution in [3.05, 3.63) is 47.5 Å². The summed E-state index contributed by atoms with van der Waals surface area (Å²) in [4.78, 5) is 11.8. The highest BCUT2D eigenvalue weighted by atomic mass is 19.1. The van der Waals surface area contributed by atoms with E-state index in [-0.39, 0.29) is 17.9 Å². The van der Waals surface area contributed by atoms with Gasteiger partial charge in [0.1, 0.15) is 5.82 Å². The van der Waals surface area contributed by atoms with E-state index >= 15 is 0 Å². The molecule has 0 amide bonds.